The van der Waals surface area contributed by atoms with Crippen LogP contribution in [0, 0.1) is 0 Å². The fraction of sp³-hybridized carbons (Fsp3) is 0.435. The molecule has 1 aromatic heterocycles. The lowest BCUT2D eigenvalue weighted by Crippen LogP contribution is -2.27. The Morgan fingerprint density at radius 2 is 1.53 bits per heavy atom. The number of hydrogen-bond donors (Lipinski definition) is 1. The van der Waals surface area contributed by atoms with Gasteiger partial charge in [0.15, 0.2) is 11.5 Å². The third kappa shape index (κ3) is 4.83. The number of imidazole rings is 1. The fourth-order valence-corrected chi connectivity index (χ4v) is 4.72. The molecule has 0 radical (unpaired) electrons. The molecule has 3 aromatic rings. The average Bonchev–Trinajstić information content (AvgIpc) is 2.99. The first kappa shape index (κ1) is 23.9. The highest BCUT2D eigenvalue weighted by molar-refractivity contribution is 7.89. The van der Waals surface area contributed by atoms with E-state index in [1.54, 1.807) is 27.1 Å². The number of ether oxygens (including phenoxy) is 2. The van der Waals surface area contributed by atoms with Crippen LogP contribution >= 0.6 is 0 Å². The molecule has 1 N–H and O–H groups in total. The van der Waals surface area contributed by atoms with Crippen molar-refractivity contribution in [2.24, 2.45) is 14.1 Å². The molecule has 3 rings (SSSR count). The number of aryl methyl sites for hydroxylation is 2. The van der Waals surface area contributed by atoms with Gasteiger partial charge in [0.25, 0.3) is 0 Å². The Labute approximate surface area is 188 Å². The van der Waals surface area contributed by atoms with Crippen LogP contribution in [0.1, 0.15) is 45.2 Å². The zero-order valence-electron chi connectivity index (χ0n) is 19.2. The van der Waals surface area contributed by atoms with Crippen molar-refractivity contribution in [2.75, 3.05) is 13.2 Å². The maximum atomic E-state index is 13.1. The Morgan fingerprint density at radius 3 is 2.19 bits per heavy atom. The first-order valence-electron chi connectivity index (χ1n) is 10.8. The van der Waals surface area contributed by atoms with Gasteiger partial charge in [0, 0.05) is 20.1 Å². The Kier molecular flexibility index (Phi) is 7.30. The lowest BCUT2D eigenvalue weighted by Gasteiger charge is -2.18. The van der Waals surface area contributed by atoms with E-state index in [1.807, 2.05) is 32.0 Å². The van der Waals surface area contributed by atoms with Crippen LogP contribution in [-0.4, -0.2) is 30.8 Å². The standard InChI is InChI=1S/C23H31N3O5S/c1-6-12-30-21-11-8-17(14-22(21)31-13-7-2)16(3)24-32(28,29)18-9-10-19-20(15-18)26(5)23(27)25(19)4/h8-11,14-16,24H,6-7,12-13H2,1-5H3. The highest BCUT2D eigenvalue weighted by Crippen LogP contribution is 2.31. The van der Waals surface area contributed by atoms with Gasteiger partial charge in [0.05, 0.1) is 29.1 Å². The fourth-order valence-electron chi connectivity index (χ4n) is 3.47. The van der Waals surface area contributed by atoms with Crippen molar-refractivity contribution < 1.29 is 17.9 Å². The summed E-state index contributed by atoms with van der Waals surface area (Å²) in [5.74, 6) is 1.25. The van der Waals surface area contributed by atoms with Crippen LogP contribution in [0.2, 0.25) is 0 Å². The minimum atomic E-state index is -3.82. The third-order valence-electron chi connectivity index (χ3n) is 5.28. The van der Waals surface area contributed by atoms with Gasteiger partial charge in [-0.15, -0.1) is 0 Å². The van der Waals surface area contributed by atoms with Gasteiger partial charge in [-0.2, -0.15) is 0 Å². The second kappa shape index (κ2) is 9.79. The van der Waals surface area contributed by atoms with Crippen LogP contribution in [0.3, 0.4) is 0 Å². The van der Waals surface area contributed by atoms with Crippen LogP contribution in [0.25, 0.3) is 11.0 Å². The molecule has 0 aliphatic heterocycles. The minimum Gasteiger partial charge on any atom is -0.490 e. The Balaban J connectivity index is 1.88. The molecule has 1 heterocycles. The van der Waals surface area contributed by atoms with Gasteiger partial charge < -0.3 is 9.47 Å². The number of hydrogen-bond acceptors (Lipinski definition) is 5. The molecular weight excluding hydrogens is 430 g/mol. The molecule has 32 heavy (non-hydrogen) atoms. The summed E-state index contributed by atoms with van der Waals surface area (Å²) in [6.45, 7) is 6.95. The zero-order valence-corrected chi connectivity index (χ0v) is 20.0. The largest absolute Gasteiger partial charge is 0.490 e. The van der Waals surface area contributed by atoms with Crippen LogP contribution < -0.4 is 19.9 Å². The number of rotatable bonds is 10. The van der Waals surface area contributed by atoms with Gasteiger partial charge in [-0.1, -0.05) is 19.9 Å². The van der Waals surface area contributed by atoms with E-state index in [0.717, 1.165) is 18.4 Å². The van der Waals surface area contributed by atoms with Crippen LogP contribution in [-0.2, 0) is 24.1 Å². The molecule has 0 saturated carbocycles. The van der Waals surface area contributed by atoms with E-state index in [4.69, 9.17) is 9.47 Å². The lowest BCUT2D eigenvalue weighted by atomic mass is 10.1. The van der Waals surface area contributed by atoms with E-state index in [1.165, 1.54) is 21.3 Å². The summed E-state index contributed by atoms with van der Waals surface area (Å²) in [7, 11) is -0.540. The maximum Gasteiger partial charge on any atom is 0.328 e. The van der Waals surface area contributed by atoms with Gasteiger partial charge in [-0.05, 0) is 55.7 Å². The molecule has 0 aliphatic rings. The Bertz CT molecular complexity index is 1260. The van der Waals surface area contributed by atoms with E-state index in [9.17, 15) is 13.2 Å². The molecule has 0 fully saturated rings. The number of fused-ring (bicyclic) bond motifs is 1. The topological polar surface area (TPSA) is 91.6 Å². The summed E-state index contributed by atoms with van der Waals surface area (Å²) >= 11 is 0. The number of nitrogens with zero attached hydrogens (tertiary/aromatic N) is 2. The highest BCUT2D eigenvalue weighted by atomic mass is 32.2. The lowest BCUT2D eigenvalue weighted by molar-refractivity contribution is 0.268. The van der Waals surface area contributed by atoms with Gasteiger partial charge in [0.2, 0.25) is 10.0 Å². The maximum absolute atomic E-state index is 13.1. The van der Waals surface area contributed by atoms with E-state index < -0.39 is 16.1 Å². The van der Waals surface area contributed by atoms with Gasteiger partial charge in [-0.25, -0.2) is 17.9 Å². The molecule has 8 nitrogen and oxygen atoms in total. The van der Waals surface area contributed by atoms with Crippen LogP contribution in [0.5, 0.6) is 11.5 Å². The molecule has 0 spiro atoms. The molecule has 0 amide bonds. The molecule has 1 atom stereocenters. The average molecular weight is 462 g/mol. The predicted octanol–water partition coefficient (Wildman–Crippen LogP) is 3.49. The predicted molar refractivity (Wildman–Crippen MR) is 125 cm³/mol. The molecule has 0 aliphatic carbocycles. The zero-order chi connectivity index (χ0) is 23.5. The monoisotopic (exact) mass is 461 g/mol. The summed E-state index contributed by atoms with van der Waals surface area (Å²) < 4.78 is 43.4. The first-order valence-corrected chi connectivity index (χ1v) is 12.2. The summed E-state index contributed by atoms with van der Waals surface area (Å²) in [6.07, 6.45) is 1.73. The summed E-state index contributed by atoms with van der Waals surface area (Å²) in [4.78, 5) is 12.3. The normalized spacial score (nSPS) is 12.8. The SMILES string of the molecule is CCCOc1ccc(C(C)NS(=O)(=O)c2ccc3c(c2)n(C)c(=O)n3C)cc1OCCC. The van der Waals surface area contributed by atoms with Crippen molar-refractivity contribution in [1.29, 1.82) is 0 Å². The highest BCUT2D eigenvalue weighted by Gasteiger charge is 2.21. The number of aromatic nitrogens is 2. The van der Waals surface area contributed by atoms with Gasteiger partial charge >= 0.3 is 5.69 Å². The summed E-state index contributed by atoms with van der Waals surface area (Å²) in [5.41, 5.74) is 1.78. The van der Waals surface area contributed by atoms with E-state index >= 15 is 0 Å². The number of sulfonamides is 1. The van der Waals surface area contributed by atoms with E-state index in [-0.39, 0.29) is 10.6 Å². The first-order chi connectivity index (χ1) is 15.2. The third-order valence-corrected chi connectivity index (χ3v) is 6.82. The van der Waals surface area contributed by atoms with Crippen molar-refractivity contribution in [3.63, 3.8) is 0 Å². The Morgan fingerprint density at radius 1 is 0.906 bits per heavy atom. The van der Waals surface area contributed by atoms with E-state index in [2.05, 4.69) is 4.72 Å². The van der Waals surface area contributed by atoms with Crippen molar-refractivity contribution in [3.05, 3.63) is 52.4 Å². The van der Waals surface area contributed by atoms with Crippen molar-refractivity contribution in [3.8, 4) is 11.5 Å². The molecule has 2 aromatic carbocycles. The van der Waals surface area contributed by atoms with Gasteiger partial charge in [-0.3, -0.25) is 9.13 Å². The van der Waals surface area contributed by atoms with Crippen molar-refractivity contribution in [1.82, 2.24) is 13.9 Å². The van der Waals surface area contributed by atoms with Crippen LogP contribution in [0.15, 0.2) is 46.1 Å². The van der Waals surface area contributed by atoms with Crippen LogP contribution in [0.4, 0.5) is 0 Å². The van der Waals surface area contributed by atoms with Gasteiger partial charge in [0.1, 0.15) is 0 Å². The molecule has 0 saturated heterocycles. The van der Waals surface area contributed by atoms with Crippen molar-refractivity contribution >= 4 is 21.1 Å². The molecular formula is C23H31N3O5S. The molecule has 9 heteroatoms. The quantitative estimate of drug-likeness (QED) is 0.499. The smallest absolute Gasteiger partial charge is 0.328 e. The molecule has 0 bridgehead atoms. The molecule has 1 unspecified atom stereocenters. The number of nitrogens with one attached hydrogen (secondary N) is 1. The minimum absolute atomic E-state index is 0.100. The summed E-state index contributed by atoms with van der Waals surface area (Å²) in [5, 5.41) is 0. The van der Waals surface area contributed by atoms with E-state index in [0.29, 0.717) is 35.7 Å². The Hall–Kier alpha value is -2.78. The molecule has 174 valence electrons. The second-order valence-corrected chi connectivity index (χ2v) is 9.51. The number of benzene rings is 2. The van der Waals surface area contributed by atoms with Crippen molar-refractivity contribution in [2.45, 2.75) is 44.6 Å². The summed E-state index contributed by atoms with van der Waals surface area (Å²) in [6, 6.07) is 9.63. The second-order valence-electron chi connectivity index (χ2n) is 7.80.